The van der Waals surface area contributed by atoms with E-state index < -0.39 is 17.9 Å². The first-order valence-electron chi connectivity index (χ1n) is 5.87. The Morgan fingerprint density at radius 2 is 2.20 bits per heavy atom. The minimum atomic E-state index is -0.974. The third-order valence-corrected chi connectivity index (χ3v) is 2.51. The third-order valence-electron chi connectivity index (χ3n) is 2.51. The molecular formula is C12H14N6O2. The Kier molecular flexibility index (Phi) is 4.06. The number of primary amides is 1. The van der Waals surface area contributed by atoms with Crippen LogP contribution < -0.4 is 16.8 Å². The van der Waals surface area contributed by atoms with Crippen LogP contribution in [0.2, 0.25) is 0 Å². The molecule has 2 amide bonds. The zero-order valence-electron chi connectivity index (χ0n) is 10.6. The molecule has 0 spiro atoms. The van der Waals surface area contributed by atoms with Crippen molar-refractivity contribution in [1.29, 1.82) is 0 Å². The lowest BCUT2D eigenvalue weighted by atomic mass is 10.2. The number of carbonyl (C=O) groups excluding carboxylic acids is 2. The molecule has 0 radical (unpaired) electrons. The summed E-state index contributed by atoms with van der Waals surface area (Å²) in [6.07, 6.45) is 4.67. The SMILES string of the molecule is NC(=O)CC(N)C(=O)Nc1ccc(-n2cccn2)nc1. The number of hydrogen-bond acceptors (Lipinski definition) is 5. The molecule has 2 rings (SSSR count). The van der Waals surface area contributed by atoms with E-state index in [-0.39, 0.29) is 6.42 Å². The molecule has 0 bridgehead atoms. The number of nitrogens with zero attached hydrogens (tertiary/aromatic N) is 3. The molecule has 2 aromatic heterocycles. The first kappa shape index (κ1) is 13.7. The van der Waals surface area contributed by atoms with Crippen molar-refractivity contribution in [2.75, 3.05) is 5.32 Å². The van der Waals surface area contributed by atoms with E-state index in [4.69, 9.17) is 11.5 Å². The fourth-order valence-electron chi connectivity index (χ4n) is 1.54. The summed E-state index contributed by atoms with van der Waals surface area (Å²) < 4.78 is 1.59. The van der Waals surface area contributed by atoms with Gasteiger partial charge in [0.1, 0.15) is 0 Å². The Hall–Kier alpha value is -2.74. The maximum Gasteiger partial charge on any atom is 0.241 e. The number of nitrogens with one attached hydrogen (secondary N) is 1. The zero-order valence-corrected chi connectivity index (χ0v) is 10.6. The lowest BCUT2D eigenvalue weighted by molar-refractivity contribution is -0.123. The standard InChI is InChI=1S/C12H14N6O2/c13-9(6-10(14)19)12(20)17-8-2-3-11(15-7-8)18-5-1-4-16-18/h1-5,7,9H,6,13H2,(H2,14,19)(H,17,20). The lowest BCUT2D eigenvalue weighted by Crippen LogP contribution is -2.39. The molecule has 1 atom stereocenters. The molecule has 0 aliphatic heterocycles. The first-order valence-corrected chi connectivity index (χ1v) is 5.87. The Balaban J connectivity index is 2.00. The highest BCUT2D eigenvalue weighted by molar-refractivity contribution is 5.97. The highest BCUT2D eigenvalue weighted by Gasteiger charge is 2.16. The van der Waals surface area contributed by atoms with Gasteiger partial charge in [-0.1, -0.05) is 0 Å². The van der Waals surface area contributed by atoms with Crippen molar-refractivity contribution in [3.05, 3.63) is 36.8 Å². The molecule has 20 heavy (non-hydrogen) atoms. The van der Waals surface area contributed by atoms with E-state index in [0.29, 0.717) is 11.5 Å². The molecule has 1 unspecified atom stereocenters. The summed E-state index contributed by atoms with van der Waals surface area (Å²) in [5.41, 5.74) is 11.0. The van der Waals surface area contributed by atoms with E-state index in [9.17, 15) is 9.59 Å². The lowest BCUT2D eigenvalue weighted by Gasteiger charge is -2.10. The molecule has 5 N–H and O–H groups in total. The van der Waals surface area contributed by atoms with E-state index >= 15 is 0 Å². The van der Waals surface area contributed by atoms with E-state index in [1.807, 2.05) is 0 Å². The Bertz CT molecular complexity index is 593. The molecule has 0 saturated carbocycles. The van der Waals surface area contributed by atoms with Gasteiger partial charge in [-0.2, -0.15) is 5.10 Å². The molecule has 0 fully saturated rings. The van der Waals surface area contributed by atoms with Gasteiger partial charge in [-0.05, 0) is 18.2 Å². The van der Waals surface area contributed by atoms with Gasteiger partial charge in [-0.3, -0.25) is 9.59 Å². The maximum atomic E-state index is 11.7. The van der Waals surface area contributed by atoms with Crippen molar-refractivity contribution in [2.24, 2.45) is 11.5 Å². The summed E-state index contributed by atoms with van der Waals surface area (Å²) in [7, 11) is 0. The van der Waals surface area contributed by atoms with Crippen LogP contribution in [0.15, 0.2) is 36.8 Å². The number of anilines is 1. The summed E-state index contributed by atoms with van der Waals surface area (Å²) in [5, 5.41) is 6.59. The van der Waals surface area contributed by atoms with Crippen LogP contribution >= 0.6 is 0 Å². The van der Waals surface area contributed by atoms with Crippen LogP contribution in [0.5, 0.6) is 0 Å². The van der Waals surface area contributed by atoms with Gasteiger partial charge in [0.2, 0.25) is 11.8 Å². The van der Waals surface area contributed by atoms with Crippen molar-refractivity contribution < 1.29 is 9.59 Å². The normalized spacial score (nSPS) is 11.8. The molecule has 0 aromatic carbocycles. The maximum absolute atomic E-state index is 11.7. The van der Waals surface area contributed by atoms with Crippen LogP contribution in [0.1, 0.15) is 6.42 Å². The third kappa shape index (κ3) is 3.39. The largest absolute Gasteiger partial charge is 0.370 e. The van der Waals surface area contributed by atoms with Crippen molar-refractivity contribution in [3.8, 4) is 5.82 Å². The first-order chi connectivity index (χ1) is 9.56. The van der Waals surface area contributed by atoms with Crippen molar-refractivity contribution >= 4 is 17.5 Å². The number of amides is 2. The topological polar surface area (TPSA) is 129 Å². The van der Waals surface area contributed by atoms with Crippen LogP contribution in [0.25, 0.3) is 5.82 Å². The summed E-state index contributed by atoms with van der Waals surface area (Å²) in [6.45, 7) is 0. The highest BCUT2D eigenvalue weighted by atomic mass is 16.2. The Labute approximate surface area is 114 Å². The molecule has 8 heteroatoms. The number of rotatable bonds is 5. The second kappa shape index (κ2) is 5.93. The van der Waals surface area contributed by atoms with Crippen LogP contribution in [-0.2, 0) is 9.59 Å². The fraction of sp³-hybridized carbons (Fsp3) is 0.167. The predicted molar refractivity (Wildman–Crippen MR) is 71.8 cm³/mol. The summed E-state index contributed by atoms with van der Waals surface area (Å²) >= 11 is 0. The van der Waals surface area contributed by atoms with Crippen LogP contribution in [-0.4, -0.2) is 32.6 Å². The van der Waals surface area contributed by atoms with E-state index in [1.54, 1.807) is 35.3 Å². The van der Waals surface area contributed by atoms with Gasteiger partial charge >= 0.3 is 0 Å². The molecule has 8 nitrogen and oxygen atoms in total. The molecule has 2 aromatic rings. The summed E-state index contributed by atoms with van der Waals surface area (Å²) in [5.74, 6) is -0.494. The molecule has 2 heterocycles. The number of nitrogens with two attached hydrogens (primary N) is 2. The van der Waals surface area contributed by atoms with Gasteiger partial charge in [0.05, 0.1) is 24.3 Å². The number of carbonyl (C=O) groups is 2. The van der Waals surface area contributed by atoms with Crippen molar-refractivity contribution in [3.63, 3.8) is 0 Å². The number of pyridine rings is 1. The van der Waals surface area contributed by atoms with E-state index in [1.165, 1.54) is 6.20 Å². The van der Waals surface area contributed by atoms with Gasteiger partial charge < -0.3 is 16.8 Å². The highest BCUT2D eigenvalue weighted by Crippen LogP contribution is 2.09. The Morgan fingerprint density at radius 1 is 1.40 bits per heavy atom. The molecule has 104 valence electrons. The zero-order chi connectivity index (χ0) is 14.5. The minimum absolute atomic E-state index is 0.204. The second-order valence-electron chi connectivity index (χ2n) is 4.12. The van der Waals surface area contributed by atoms with Crippen molar-refractivity contribution in [1.82, 2.24) is 14.8 Å². The van der Waals surface area contributed by atoms with Crippen LogP contribution in [0.3, 0.4) is 0 Å². The molecule has 0 saturated heterocycles. The fourth-order valence-corrected chi connectivity index (χ4v) is 1.54. The average molecular weight is 274 g/mol. The van der Waals surface area contributed by atoms with Crippen molar-refractivity contribution in [2.45, 2.75) is 12.5 Å². The van der Waals surface area contributed by atoms with Crippen LogP contribution in [0, 0.1) is 0 Å². The number of hydrogen-bond donors (Lipinski definition) is 3. The number of aromatic nitrogens is 3. The van der Waals surface area contributed by atoms with E-state index in [0.717, 1.165) is 0 Å². The predicted octanol–water partition coefficient (Wildman–Crippen LogP) is -0.591. The van der Waals surface area contributed by atoms with E-state index in [2.05, 4.69) is 15.4 Å². The quantitative estimate of drug-likeness (QED) is 0.671. The Morgan fingerprint density at radius 3 is 2.75 bits per heavy atom. The smallest absolute Gasteiger partial charge is 0.241 e. The minimum Gasteiger partial charge on any atom is -0.370 e. The van der Waals surface area contributed by atoms with Gasteiger partial charge in [0, 0.05) is 12.4 Å². The molecular weight excluding hydrogens is 260 g/mol. The monoisotopic (exact) mass is 274 g/mol. The summed E-state index contributed by atoms with van der Waals surface area (Å²) in [4.78, 5) is 26.5. The van der Waals surface area contributed by atoms with Gasteiger partial charge in [-0.15, -0.1) is 0 Å². The van der Waals surface area contributed by atoms with Gasteiger partial charge in [0.15, 0.2) is 5.82 Å². The van der Waals surface area contributed by atoms with Gasteiger partial charge in [0.25, 0.3) is 0 Å². The van der Waals surface area contributed by atoms with Crippen LogP contribution in [0.4, 0.5) is 5.69 Å². The summed E-state index contributed by atoms with van der Waals surface area (Å²) in [6, 6.07) is 4.17. The molecule has 0 aliphatic carbocycles. The average Bonchev–Trinajstić information content (AvgIpc) is 2.92. The second-order valence-corrected chi connectivity index (χ2v) is 4.12. The van der Waals surface area contributed by atoms with Gasteiger partial charge in [-0.25, -0.2) is 9.67 Å². The molecule has 0 aliphatic rings.